The Hall–Kier alpha value is -1.09. The summed E-state index contributed by atoms with van der Waals surface area (Å²) in [5, 5.41) is 9.78. The van der Waals surface area contributed by atoms with Gasteiger partial charge in [-0.25, -0.2) is 0 Å². The van der Waals surface area contributed by atoms with Gasteiger partial charge in [-0.3, -0.25) is 4.98 Å². The maximum absolute atomic E-state index is 9.78. The fraction of sp³-hybridized carbons (Fsp3) is 0.615. The van der Waals surface area contributed by atoms with Gasteiger partial charge in [0.05, 0.1) is 13.2 Å². The first-order chi connectivity index (χ1) is 7.60. The zero-order chi connectivity index (χ0) is 12.1. The Morgan fingerprint density at radius 2 is 2.12 bits per heavy atom. The molecule has 90 valence electrons. The summed E-state index contributed by atoms with van der Waals surface area (Å²) in [6.07, 6.45) is 3.92. The summed E-state index contributed by atoms with van der Waals surface area (Å²) in [6, 6.07) is 0. The minimum atomic E-state index is -0.302. The van der Waals surface area contributed by atoms with Crippen molar-refractivity contribution in [2.24, 2.45) is 0 Å². The predicted molar refractivity (Wildman–Crippen MR) is 64.9 cm³/mol. The van der Waals surface area contributed by atoms with E-state index >= 15 is 0 Å². The molecule has 0 aliphatic carbocycles. The van der Waals surface area contributed by atoms with Crippen molar-refractivity contribution >= 4 is 0 Å². The smallest absolute Gasteiger partial charge is 0.128 e. The Bertz CT molecular complexity index is 350. The van der Waals surface area contributed by atoms with Crippen LogP contribution in [-0.2, 0) is 6.42 Å². The third-order valence-electron chi connectivity index (χ3n) is 2.80. The minimum Gasteiger partial charge on any atom is -0.496 e. The molecule has 0 fully saturated rings. The van der Waals surface area contributed by atoms with Crippen LogP contribution in [0.1, 0.15) is 36.6 Å². The molecule has 3 heteroatoms. The SMILES string of the molecule is CCCC(O)Cc1ncc(C)c(OC)c1C. The van der Waals surface area contributed by atoms with Crippen molar-refractivity contribution in [1.82, 2.24) is 4.98 Å². The molecule has 1 unspecified atom stereocenters. The highest BCUT2D eigenvalue weighted by Crippen LogP contribution is 2.24. The number of aryl methyl sites for hydroxylation is 1. The molecule has 0 spiro atoms. The molecule has 1 rings (SSSR count). The highest BCUT2D eigenvalue weighted by atomic mass is 16.5. The molecule has 1 atom stereocenters. The monoisotopic (exact) mass is 223 g/mol. The standard InChI is InChI=1S/C13H21NO2/c1-5-6-11(15)7-12-10(3)13(16-4)9(2)8-14-12/h8,11,15H,5-7H2,1-4H3. The van der Waals surface area contributed by atoms with E-state index in [1.54, 1.807) is 13.3 Å². The summed E-state index contributed by atoms with van der Waals surface area (Å²) in [5.41, 5.74) is 3.01. The van der Waals surface area contributed by atoms with E-state index in [-0.39, 0.29) is 6.10 Å². The topological polar surface area (TPSA) is 42.4 Å². The van der Waals surface area contributed by atoms with Gasteiger partial charge in [0.1, 0.15) is 5.75 Å². The lowest BCUT2D eigenvalue weighted by Crippen LogP contribution is -2.12. The summed E-state index contributed by atoms with van der Waals surface area (Å²) in [5.74, 6) is 0.883. The first-order valence-electron chi connectivity index (χ1n) is 5.77. The van der Waals surface area contributed by atoms with Crippen molar-refractivity contribution in [2.75, 3.05) is 7.11 Å². The summed E-state index contributed by atoms with van der Waals surface area (Å²) in [4.78, 5) is 4.37. The summed E-state index contributed by atoms with van der Waals surface area (Å²) >= 11 is 0. The first kappa shape index (κ1) is 13.0. The molecule has 0 saturated heterocycles. The average Bonchev–Trinajstić information content (AvgIpc) is 2.23. The van der Waals surface area contributed by atoms with E-state index in [1.165, 1.54) is 0 Å². The zero-order valence-electron chi connectivity index (χ0n) is 10.6. The second kappa shape index (κ2) is 5.85. The van der Waals surface area contributed by atoms with Crippen LogP contribution in [0.15, 0.2) is 6.20 Å². The van der Waals surface area contributed by atoms with Gasteiger partial charge < -0.3 is 9.84 Å². The molecular formula is C13H21NO2. The van der Waals surface area contributed by atoms with E-state index in [2.05, 4.69) is 11.9 Å². The molecule has 1 heterocycles. The van der Waals surface area contributed by atoms with Crippen LogP contribution in [0, 0.1) is 13.8 Å². The van der Waals surface area contributed by atoms with Gasteiger partial charge >= 0.3 is 0 Å². The second-order valence-electron chi connectivity index (χ2n) is 4.19. The Balaban J connectivity index is 2.89. The van der Waals surface area contributed by atoms with Crippen LogP contribution in [0.2, 0.25) is 0 Å². The van der Waals surface area contributed by atoms with Gasteiger partial charge in [-0.15, -0.1) is 0 Å². The largest absolute Gasteiger partial charge is 0.496 e. The van der Waals surface area contributed by atoms with Gasteiger partial charge in [0, 0.05) is 29.4 Å². The fourth-order valence-corrected chi connectivity index (χ4v) is 1.94. The summed E-state index contributed by atoms with van der Waals surface area (Å²) in [6.45, 7) is 6.04. The maximum Gasteiger partial charge on any atom is 0.128 e. The van der Waals surface area contributed by atoms with E-state index in [4.69, 9.17) is 4.74 Å². The molecule has 16 heavy (non-hydrogen) atoms. The van der Waals surface area contributed by atoms with Crippen molar-refractivity contribution in [1.29, 1.82) is 0 Å². The normalized spacial score (nSPS) is 12.6. The number of ether oxygens (including phenoxy) is 1. The Labute approximate surface area is 97.5 Å². The van der Waals surface area contributed by atoms with Crippen molar-refractivity contribution in [2.45, 2.75) is 46.1 Å². The van der Waals surface area contributed by atoms with E-state index in [0.29, 0.717) is 6.42 Å². The quantitative estimate of drug-likeness (QED) is 0.833. The molecule has 0 bridgehead atoms. The lowest BCUT2D eigenvalue weighted by atomic mass is 10.0. The van der Waals surface area contributed by atoms with Crippen LogP contribution in [0.5, 0.6) is 5.75 Å². The predicted octanol–water partition coefficient (Wildman–Crippen LogP) is 2.41. The molecular weight excluding hydrogens is 202 g/mol. The molecule has 0 amide bonds. The number of aliphatic hydroxyl groups excluding tert-OH is 1. The van der Waals surface area contributed by atoms with Gasteiger partial charge in [-0.05, 0) is 20.3 Å². The first-order valence-corrected chi connectivity index (χ1v) is 5.77. The van der Waals surface area contributed by atoms with Crippen molar-refractivity contribution in [3.63, 3.8) is 0 Å². The van der Waals surface area contributed by atoms with Crippen LogP contribution in [0.3, 0.4) is 0 Å². The molecule has 0 aliphatic rings. The summed E-state index contributed by atoms with van der Waals surface area (Å²) < 4.78 is 5.34. The van der Waals surface area contributed by atoms with Crippen molar-refractivity contribution in [3.05, 3.63) is 23.0 Å². The van der Waals surface area contributed by atoms with E-state index < -0.39 is 0 Å². The molecule has 0 saturated carbocycles. The summed E-state index contributed by atoms with van der Waals surface area (Å²) in [7, 11) is 1.67. The molecule has 0 aliphatic heterocycles. The van der Waals surface area contributed by atoms with Gasteiger partial charge in [-0.1, -0.05) is 13.3 Å². The minimum absolute atomic E-state index is 0.302. The number of rotatable bonds is 5. The third-order valence-corrected chi connectivity index (χ3v) is 2.80. The van der Waals surface area contributed by atoms with E-state index in [0.717, 1.165) is 35.4 Å². The fourth-order valence-electron chi connectivity index (χ4n) is 1.94. The lowest BCUT2D eigenvalue weighted by molar-refractivity contribution is 0.162. The Kier molecular flexibility index (Phi) is 4.74. The van der Waals surface area contributed by atoms with Gasteiger partial charge in [-0.2, -0.15) is 0 Å². The van der Waals surface area contributed by atoms with Gasteiger partial charge in [0.2, 0.25) is 0 Å². The third kappa shape index (κ3) is 2.95. The van der Waals surface area contributed by atoms with Crippen LogP contribution in [0.4, 0.5) is 0 Å². The number of nitrogens with zero attached hydrogens (tertiary/aromatic N) is 1. The number of pyridine rings is 1. The number of hydrogen-bond donors (Lipinski definition) is 1. The van der Waals surface area contributed by atoms with Crippen LogP contribution in [-0.4, -0.2) is 23.3 Å². The maximum atomic E-state index is 9.78. The highest BCUT2D eigenvalue weighted by Gasteiger charge is 2.12. The average molecular weight is 223 g/mol. The molecule has 1 N–H and O–H groups in total. The molecule has 0 radical (unpaired) electrons. The molecule has 1 aromatic rings. The van der Waals surface area contributed by atoms with Crippen LogP contribution >= 0.6 is 0 Å². The second-order valence-corrected chi connectivity index (χ2v) is 4.19. The van der Waals surface area contributed by atoms with E-state index in [9.17, 15) is 5.11 Å². The van der Waals surface area contributed by atoms with Gasteiger partial charge in [0.15, 0.2) is 0 Å². The Morgan fingerprint density at radius 1 is 1.44 bits per heavy atom. The zero-order valence-corrected chi connectivity index (χ0v) is 10.6. The van der Waals surface area contributed by atoms with Crippen molar-refractivity contribution < 1.29 is 9.84 Å². The van der Waals surface area contributed by atoms with Crippen LogP contribution in [0.25, 0.3) is 0 Å². The van der Waals surface area contributed by atoms with Crippen LogP contribution < -0.4 is 4.74 Å². The number of aliphatic hydroxyl groups is 1. The Morgan fingerprint density at radius 3 is 2.69 bits per heavy atom. The lowest BCUT2D eigenvalue weighted by Gasteiger charge is -2.14. The molecule has 3 nitrogen and oxygen atoms in total. The number of methoxy groups -OCH3 is 1. The molecule has 1 aromatic heterocycles. The number of aromatic nitrogens is 1. The van der Waals surface area contributed by atoms with E-state index in [1.807, 2.05) is 13.8 Å². The number of hydrogen-bond acceptors (Lipinski definition) is 3. The van der Waals surface area contributed by atoms with Crippen molar-refractivity contribution in [3.8, 4) is 5.75 Å². The van der Waals surface area contributed by atoms with Gasteiger partial charge in [0.25, 0.3) is 0 Å². The molecule has 0 aromatic carbocycles. The highest BCUT2D eigenvalue weighted by molar-refractivity contribution is 5.41.